The molecule has 2 saturated carbocycles. The summed E-state index contributed by atoms with van der Waals surface area (Å²) in [5, 5.41) is 11.4. The molecular weight excluding hydrogens is 571 g/mol. The van der Waals surface area contributed by atoms with Crippen molar-refractivity contribution < 1.29 is 46.7 Å². The summed E-state index contributed by atoms with van der Waals surface area (Å²) in [6.07, 6.45) is -5.07. The lowest BCUT2D eigenvalue weighted by atomic mass is 10.0. The first-order valence-corrected chi connectivity index (χ1v) is 15.5. The molecule has 1 spiro atoms. The van der Waals surface area contributed by atoms with Gasteiger partial charge in [0.05, 0.1) is 31.9 Å². The van der Waals surface area contributed by atoms with E-state index >= 15 is 4.39 Å². The Balaban J connectivity index is 1.35. The number of phosphoric ester groups is 1. The summed E-state index contributed by atoms with van der Waals surface area (Å²) < 4.78 is 56.5. The lowest BCUT2D eigenvalue weighted by Crippen LogP contribution is -2.38. The molecule has 4 aliphatic rings. The maximum atomic E-state index is 15.1. The minimum absolute atomic E-state index is 0.145. The van der Waals surface area contributed by atoms with Crippen LogP contribution in [0.4, 0.5) is 10.2 Å². The normalized spacial score (nSPS) is 47.3. The molecule has 6 rings (SSSR count). The topological polar surface area (TPSA) is 232 Å². The summed E-state index contributed by atoms with van der Waals surface area (Å²) in [4.78, 5) is 37.4. The van der Waals surface area contributed by atoms with Gasteiger partial charge in [-0.2, -0.15) is 0 Å². The van der Waals surface area contributed by atoms with Crippen molar-refractivity contribution in [1.82, 2.24) is 19.5 Å². The van der Waals surface area contributed by atoms with Crippen LogP contribution in [0.5, 0.6) is 0 Å². The van der Waals surface area contributed by atoms with Crippen LogP contribution in [0.1, 0.15) is 12.5 Å². The third-order valence-corrected chi connectivity index (χ3v) is 9.93. The Morgan fingerprint density at radius 3 is 2.84 bits per heavy atom. The summed E-state index contributed by atoms with van der Waals surface area (Å²) in [5.74, 6) is -0.244. The molecule has 7 N–H and O–H groups in total. The van der Waals surface area contributed by atoms with Gasteiger partial charge in [-0.3, -0.25) is 9.05 Å². The van der Waals surface area contributed by atoms with Crippen LogP contribution in [-0.4, -0.2) is 90.8 Å². The number of aliphatic hydroxyl groups excluding tert-OH is 1. The van der Waals surface area contributed by atoms with Gasteiger partial charge in [0.2, 0.25) is 0 Å². The number of ether oxygens (including phenoxy) is 1. The summed E-state index contributed by atoms with van der Waals surface area (Å²) in [5.41, 5.74) is 10.8. The molecule has 2 aliphatic heterocycles. The molecule has 0 aromatic carbocycles. The molecule has 20 heteroatoms. The zero-order chi connectivity index (χ0) is 27.0. The first-order chi connectivity index (χ1) is 18.0. The molecule has 2 saturated heterocycles. The Hall–Kier alpha value is -1.69. The standard InChI is InChI=1S/C18H24FN7O9P2S/c19-9-8-2-31-37(30,38)35-14-12(27)11(26-6-25-10-15(21)23-5-24-16(10)26)7-1-18(7,14)3-32-36(28,29)34-13(9)17(33-8)22-4-20/h4-9,11-14,17,27H,1-3H2,(H2,20,22)(H,28,29)(H,30,38)(H2,21,23,24)/t7-,8-,9-,11-,12+,13-,14+,17-,18?,37?/m1/s1. The average molecular weight is 595 g/mol. The van der Waals surface area contributed by atoms with E-state index in [1.165, 1.54) is 12.7 Å². The third-order valence-electron chi connectivity index (χ3n) is 7.42. The minimum Gasteiger partial charge on any atom is -0.390 e. The highest BCUT2D eigenvalue weighted by Crippen LogP contribution is 2.72. The van der Waals surface area contributed by atoms with Crippen LogP contribution in [0.3, 0.4) is 0 Å². The molecule has 2 bridgehead atoms. The van der Waals surface area contributed by atoms with Gasteiger partial charge in [-0.25, -0.2) is 28.9 Å². The van der Waals surface area contributed by atoms with Crippen molar-refractivity contribution in [3.05, 3.63) is 12.7 Å². The fourth-order valence-electron chi connectivity index (χ4n) is 5.63. The van der Waals surface area contributed by atoms with Crippen LogP contribution in [0, 0.1) is 11.3 Å². The van der Waals surface area contributed by atoms with Crippen molar-refractivity contribution in [1.29, 1.82) is 0 Å². The second-order valence-corrected chi connectivity index (χ2v) is 13.7. The van der Waals surface area contributed by atoms with Gasteiger partial charge in [0, 0.05) is 5.41 Å². The number of imidazole rings is 1. The molecule has 208 valence electrons. The molecule has 38 heavy (non-hydrogen) atoms. The van der Waals surface area contributed by atoms with Crippen LogP contribution in [0.25, 0.3) is 11.2 Å². The number of aliphatic imine (C=N–C) groups is 1. The third kappa shape index (κ3) is 4.28. The maximum Gasteiger partial charge on any atom is 0.472 e. The molecule has 2 aromatic rings. The zero-order valence-corrected chi connectivity index (χ0v) is 21.9. The number of nitrogens with zero attached hydrogens (tertiary/aromatic N) is 5. The second-order valence-electron chi connectivity index (χ2n) is 9.52. The van der Waals surface area contributed by atoms with Gasteiger partial charge in [0.15, 0.2) is 23.9 Å². The lowest BCUT2D eigenvalue weighted by Gasteiger charge is -2.31. The van der Waals surface area contributed by atoms with E-state index in [1.54, 1.807) is 4.57 Å². The van der Waals surface area contributed by atoms with Crippen molar-refractivity contribution >= 4 is 49.7 Å². The summed E-state index contributed by atoms with van der Waals surface area (Å²) in [7, 11) is -4.89. The first kappa shape index (κ1) is 26.5. The number of phosphoric acid groups is 1. The van der Waals surface area contributed by atoms with Gasteiger partial charge in [-0.15, -0.1) is 0 Å². The van der Waals surface area contributed by atoms with E-state index in [0.29, 0.717) is 17.6 Å². The largest absolute Gasteiger partial charge is 0.472 e. The number of aliphatic hydroxyl groups is 1. The highest BCUT2D eigenvalue weighted by Gasteiger charge is 2.74. The molecular formula is C18H24FN7O9P2S. The molecule has 4 fully saturated rings. The van der Waals surface area contributed by atoms with E-state index in [0.717, 1.165) is 6.34 Å². The predicted molar refractivity (Wildman–Crippen MR) is 130 cm³/mol. The molecule has 16 nitrogen and oxygen atoms in total. The van der Waals surface area contributed by atoms with E-state index in [-0.39, 0.29) is 11.7 Å². The van der Waals surface area contributed by atoms with Crippen molar-refractivity contribution in [3.63, 3.8) is 0 Å². The monoisotopic (exact) mass is 595 g/mol. The Labute approximate surface area is 219 Å². The second kappa shape index (κ2) is 9.17. The number of rotatable bonds is 2. The number of nitrogens with two attached hydrogens (primary N) is 2. The van der Waals surface area contributed by atoms with E-state index in [1.807, 2.05) is 0 Å². The highest BCUT2D eigenvalue weighted by atomic mass is 32.5. The average Bonchev–Trinajstić information content (AvgIpc) is 3.18. The number of hydrogen-bond acceptors (Lipinski definition) is 13. The lowest BCUT2D eigenvalue weighted by molar-refractivity contribution is -0.0404. The van der Waals surface area contributed by atoms with Crippen LogP contribution in [0.15, 0.2) is 17.6 Å². The minimum atomic E-state index is -4.89. The Kier molecular flexibility index (Phi) is 6.40. The smallest absolute Gasteiger partial charge is 0.390 e. The van der Waals surface area contributed by atoms with Crippen LogP contribution < -0.4 is 11.5 Å². The van der Waals surface area contributed by atoms with Gasteiger partial charge in [-0.05, 0) is 24.1 Å². The van der Waals surface area contributed by atoms with Crippen LogP contribution in [0.2, 0.25) is 0 Å². The zero-order valence-electron chi connectivity index (χ0n) is 19.3. The van der Waals surface area contributed by atoms with E-state index < -0.39 is 76.0 Å². The molecule has 2 aromatic heterocycles. The number of nitrogen functional groups attached to an aromatic ring is 1. The van der Waals surface area contributed by atoms with Gasteiger partial charge in [0.25, 0.3) is 0 Å². The molecule has 3 unspecified atom stereocenters. The number of hydrogen-bond donors (Lipinski definition) is 5. The van der Waals surface area contributed by atoms with E-state index in [2.05, 4.69) is 19.9 Å². The quantitative estimate of drug-likeness (QED) is 0.168. The van der Waals surface area contributed by atoms with Crippen LogP contribution in [-0.2, 0) is 39.2 Å². The SMILES string of the molecule is NC=N[C@@H]1O[C@@H]2COP(O)(=S)O[C@H]3[C@@H](O)[C@H](n4cnc5c(N)ncnc54)[C@H]4CC43COP(=O)(O)O[C@@H]1[C@@H]2F. The Bertz CT molecular complexity index is 1390. The predicted octanol–water partition coefficient (Wildman–Crippen LogP) is -0.485. The first-order valence-electron chi connectivity index (χ1n) is 11.4. The van der Waals surface area contributed by atoms with E-state index in [4.69, 9.17) is 46.1 Å². The summed E-state index contributed by atoms with van der Waals surface area (Å²) >= 11 is 5.17. The van der Waals surface area contributed by atoms with E-state index in [9.17, 15) is 19.5 Å². The Morgan fingerprint density at radius 1 is 1.29 bits per heavy atom. The van der Waals surface area contributed by atoms with Crippen molar-refractivity contribution in [3.8, 4) is 0 Å². The van der Waals surface area contributed by atoms with Gasteiger partial charge < -0.3 is 44.7 Å². The molecule has 4 heterocycles. The fraction of sp³-hybridized carbons (Fsp3) is 0.667. The Morgan fingerprint density at radius 2 is 2.08 bits per heavy atom. The summed E-state index contributed by atoms with van der Waals surface area (Å²) in [6.45, 7) is -5.14. The molecule has 0 radical (unpaired) electrons. The maximum absolute atomic E-state index is 15.1. The fourth-order valence-corrected chi connectivity index (χ4v) is 8.10. The molecule has 0 amide bonds. The number of anilines is 1. The summed E-state index contributed by atoms with van der Waals surface area (Å²) in [6, 6.07) is -0.706. The van der Waals surface area contributed by atoms with Gasteiger partial charge >= 0.3 is 14.5 Å². The van der Waals surface area contributed by atoms with Crippen molar-refractivity contribution in [2.75, 3.05) is 18.9 Å². The van der Waals surface area contributed by atoms with Gasteiger partial charge in [-0.1, -0.05) is 0 Å². The van der Waals surface area contributed by atoms with Crippen LogP contribution >= 0.6 is 14.5 Å². The molecule has 2 aliphatic carbocycles. The number of aromatic nitrogens is 4. The van der Waals surface area contributed by atoms with Gasteiger partial charge in [0.1, 0.15) is 36.3 Å². The molecule has 11 atom stereocenters. The highest BCUT2D eigenvalue weighted by molar-refractivity contribution is 8.07. The number of fused-ring (bicyclic) bond motifs is 3. The van der Waals surface area contributed by atoms with Crippen molar-refractivity contribution in [2.24, 2.45) is 22.1 Å². The van der Waals surface area contributed by atoms with Crippen molar-refractivity contribution in [2.45, 2.75) is 49.3 Å². The number of alkyl halides is 1. The number of halogens is 1.